The Balaban J connectivity index is 2.26. The lowest BCUT2D eigenvalue weighted by Gasteiger charge is -2.11. The van der Waals surface area contributed by atoms with Crippen LogP contribution in [0.25, 0.3) is 10.9 Å². The molecule has 6 nitrogen and oxygen atoms in total. The van der Waals surface area contributed by atoms with Gasteiger partial charge in [0.25, 0.3) is 5.56 Å². The highest BCUT2D eigenvalue weighted by atomic mass is 19.1. The lowest BCUT2D eigenvalue weighted by atomic mass is 10.1. The predicted molar refractivity (Wildman–Crippen MR) is 83.9 cm³/mol. The molecule has 3 aromatic rings. The van der Waals surface area contributed by atoms with Crippen LogP contribution in [0.2, 0.25) is 0 Å². The molecule has 3 rings (SSSR count). The molecule has 24 heavy (non-hydrogen) atoms. The molecule has 2 aromatic carbocycles. The molecule has 1 heterocycles. The number of aromatic nitrogens is 2. The summed E-state index contributed by atoms with van der Waals surface area (Å²) in [5.74, 6) is -2.47. The van der Waals surface area contributed by atoms with E-state index in [4.69, 9.17) is 0 Å². The summed E-state index contributed by atoms with van der Waals surface area (Å²) in [5, 5.41) is 9.49. The molecule has 0 spiro atoms. The molecule has 7 heteroatoms. The van der Waals surface area contributed by atoms with Gasteiger partial charge in [-0.3, -0.25) is 14.2 Å². The van der Waals surface area contributed by atoms with Gasteiger partial charge in [-0.2, -0.15) is 0 Å². The zero-order chi connectivity index (χ0) is 17.3. The van der Waals surface area contributed by atoms with Crippen LogP contribution in [0.5, 0.6) is 0 Å². The second kappa shape index (κ2) is 6.04. The Labute approximate surface area is 134 Å². The summed E-state index contributed by atoms with van der Waals surface area (Å²) < 4.78 is 14.7. The van der Waals surface area contributed by atoms with Crippen LogP contribution in [0.1, 0.15) is 26.5 Å². The van der Waals surface area contributed by atoms with Gasteiger partial charge in [-0.1, -0.05) is 24.3 Å². The fourth-order valence-electron chi connectivity index (χ4n) is 2.42. The summed E-state index contributed by atoms with van der Waals surface area (Å²) >= 11 is 0. The van der Waals surface area contributed by atoms with Gasteiger partial charge in [-0.15, -0.1) is 0 Å². The summed E-state index contributed by atoms with van der Waals surface area (Å²) in [7, 11) is 0. The largest absolute Gasteiger partial charge is 0.475 e. The number of carbonyl (C=O) groups excluding carboxylic acids is 1. The van der Waals surface area contributed by atoms with Crippen LogP contribution in [-0.4, -0.2) is 26.9 Å². The van der Waals surface area contributed by atoms with Crippen molar-refractivity contribution in [3.8, 4) is 0 Å². The molecule has 0 bridgehead atoms. The minimum Gasteiger partial charge on any atom is -0.475 e. The maximum atomic E-state index is 13.8. The molecule has 0 fully saturated rings. The van der Waals surface area contributed by atoms with Crippen molar-refractivity contribution in [3.63, 3.8) is 0 Å². The first-order valence-electron chi connectivity index (χ1n) is 6.97. The first-order chi connectivity index (χ1) is 11.5. The number of halogens is 1. The smallest absolute Gasteiger partial charge is 0.372 e. The Morgan fingerprint density at radius 2 is 2.00 bits per heavy atom. The van der Waals surface area contributed by atoms with Gasteiger partial charge < -0.3 is 5.11 Å². The summed E-state index contributed by atoms with van der Waals surface area (Å²) in [4.78, 5) is 38.9. The van der Waals surface area contributed by atoms with Gasteiger partial charge in [0.05, 0.1) is 17.4 Å². The second-order valence-corrected chi connectivity index (χ2v) is 5.12. The van der Waals surface area contributed by atoms with E-state index >= 15 is 0 Å². The average molecular weight is 326 g/mol. The van der Waals surface area contributed by atoms with Crippen molar-refractivity contribution in [1.29, 1.82) is 0 Å². The van der Waals surface area contributed by atoms with Crippen LogP contribution in [-0.2, 0) is 6.54 Å². The number of aromatic carboxylic acids is 1. The third-order valence-electron chi connectivity index (χ3n) is 3.59. The van der Waals surface area contributed by atoms with Crippen LogP contribution >= 0.6 is 0 Å². The third kappa shape index (κ3) is 2.67. The van der Waals surface area contributed by atoms with Gasteiger partial charge in [0.2, 0.25) is 5.82 Å². The summed E-state index contributed by atoms with van der Waals surface area (Å²) in [6.45, 7) is -0.258. The van der Waals surface area contributed by atoms with Crippen molar-refractivity contribution >= 4 is 23.2 Å². The van der Waals surface area contributed by atoms with E-state index in [-0.39, 0.29) is 28.6 Å². The number of hydrogen-bond donors (Lipinski definition) is 1. The van der Waals surface area contributed by atoms with E-state index in [1.54, 1.807) is 6.07 Å². The van der Waals surface area contributed by atoms with Crippen molar-refractivity contribution in [1.82, 2.24) is 9.55 Å². The number of carbonyl (C=O) groups is 2. The van der Waals surface area contributed by atoms with Gasteiger partial charge in [-0.25, -0.2) is 14.2 Å². The monoisotopic (exact) mass is 326 g/mol. The molecule has 0 unspecified atom stereocenters. The molecule has 1 N–H and O–H groups in total. The molecular formula is C17H11FN2O4. The number of rotatable bonds is 4. The molecule has 0 atom stereocenters. The molecule has 120 valence electrons. The van der Waals surface area contributed by atoms with Gasteiger partial charge in [0.1, 0.15) is 12.1 Å². The average Bonchev–Trinajstić information content (AvgIpc) is 2.58. The fraction of sp³-hybridized carbons (Fsp3) is 0.0588. The Bertz CT molecular complexity index is 1030. The first kappa shape index (κ1) is 15.5. The second-order valence-electron chi connectivity index (χ2n) is 5.12. The summed E-state index contributed by atoms with van der Waals surface area (Å²) in [5.41, 5.74) is -0.0600. The van der Waals surface area contributed by atoms with E-state index in [0.29, 0.717) is 6.29 Å². The number of nitrogens with zero attached hydrogens (tertiary/aromatic N) is 2. The highest BCUT2D eigenvalue weighted by Crippen LogP contribution is 2.13. The Kier molecular flexibility index (Phi) is 3.91. The third-order valence-corrected chi connectivity index (χ3v) is 3.59. The van der Waals surface area contributed by atoms with Crippen LogP contribution in [0.3, 0.4) is 0 Å². The van der Waals surface area contributed by atoms with E-state index in [1.807, 2.05) is 0 Å². The van der Waals surface area contributed by atoms with Crippen molar-refractivity contribution in [2.24, 2.45) is 0 Å². The Morgan fingerprint density at radius 1 is 1.25 bits per heavy atom. The van der Waals surface area contributed by atoms with Gasteiger partial charge in [0, 0.05) is 11.1 Å². The lowest BCUT2D eigenvalue weighted by Crippen LogP contribution is -2.28. The number of aldehydes is 1. The number of carboxylic acid groups (broad SMARTS) is 1. The molecular weight excluding hydrogens is 315 g/mol. The van der Waals surface area contributed by atoms with Crippen molar-refractivity contribution in [2.45, 2.75) is 6.54 Å². The van der Waals surface area contributed by atoms with Crippen LogP contribution in [0.4, 0.5) is 4.39 Å². The van der Waals surface area contributed by atoms with Crippen molar-refractivity contribution in [2.75, 3.05) is 0 Å². The van der Waals surface area contributed by atoms with E-state index in [9.17, 15) is 23.9 Å². The fourth-order valence-corrected chi connectivity index (χ4v) is 2.42. The Hall–Kier alpha value is -3.35. The predicted octanol–water partition coefficient (Wildman–Crippen LogP) is 2.09. The lowest BCUT2D eigenvalue weighted by molar-refractivity contribution is 0.0676. The molecule has 0 amide bonds. The summed E-state index contributed by atoms with van der Waals surface area (Å²) in [6, 6.07) is 9.96. The quantitative estimate of drug-likeness (QED) is 0.742. The molecule has 0 aliphatic heterocycles. The molecule has 0 radical (unpaired) electrons. The molecule has 0 aliphatic carbocycles. The topological polar surface area (TPSA) is 89.3 Å². The highest BCUT2D eigenvalue weighted by Gasteiger charge is 2.18. The molecule has 0 saturated carbocycles. The normalized spacial score (nSPS) is 10.7. The summed E-state index contributed by atoms with van der Waals surface area (Å²) in [6.07, 6.45) is 0.576. The highest BCUT2D eigenvalue weighted by molar-refractivity contribution is 5.90. The number of benzene rings is 2. The molecule has 1 aromatic heterocycles. The van der Waals surface area contributed by atoms with Gasteiger partial charge >= 0.3 is 5.97 Å². The van der Waals surface area contributed by atoms with Gasteiger partial charge in [-0.05, 0) is 18.2 Å². The standard InChI is InChI=1S/C17H11FN2O4/c18-13-4-2-1-3-11(13)8-20-15(17(23)24)19-14-7-10(9-21)5-6-12(14)16(20)22/h1-7,9H,8H2,(H,23,24). The Morgan fingerprint density at radius 3 is 2.67 bits per heavy atom. The molecule has 0 saturated heterocycles. The maximum absolute atomic E-state index is 13.8. The number of hydrogen-bond acceptors (Lipinski definition) is 4. The number of fused-ring (bicyclic) bond motifs is 1. The maximum Gasteiger partial charge on any atom is 0.372 e. The van der Waals surface area contributed by atoms with E-state index in [0.717, 1.165) is 4.57 Å². The van der Waals surface area contributed by atoms with Crippen molar-refractivity contribution < 1.29 is 19.1 Å². The van der Waals surface area contributed by atoms with Crippen molar-refractivity contribution in [3.05, 3.63) is 75.6 Å². The minimum absolute atomic E-state index is 0.104. The van der Waals surface area contributed by atoms with Gasteiger partial charge in [0.15, 0.2) is 0 Å². The zero-order valence-corrected chi connectivity index (χ0v) is 12.3. The first-order valence-corrected chi connectivity index (χ1v) is 6.97. The van der Waals surface area contributed by atoms with E-state index in [1.165, 1.54) is 36.4 Å². The van der Waals surface area contributed by atoms with E-state index in [2.05, 4.69) is 4.98 Å². The minimum atomic E-state index is -1.41. The number of carboxylic acids is 1. The molecule has 0 aliphatic rings. The van der Waals surface area contributed by atoms with Crippen LogP contribution in [0, 0.1) is 5.82 Å². The van der Waals surface area contributed by atoms with E-state index < -0.39 is 23.2 Å². The van der Waals surface area contributed by atoms with Crippen LogP contribution < -0.4 is 5.56 Å². The SMILES string of the molecule is O=Cc1ccc2c(=O)n(Cc3ccccc3F)c(C(=O)O)nc2c1. The zero-order valence-electron chi connectivity index (χ0n) is 12.3. The van der Waals surface area contributed by atoms with Crippen LogP contribution in [0.15, 0.2) is 47.3 Å².